The summed E-state index contributed by atoms with van der Waals surface area (Å²) in [5.74, 6) is 1.47. The average Bonchev–Trinajstić information content (AvgIpc) is 2.23. The van der Waals surface area contributed by atoms with Crippen molar-refractivity contribution >= 4 is 23.3 Å². The Labute approximate surface area is 108 Å². The van der Waals surface area contributed by atoms with E-state index in [1.54, 1.807) is 6.08 Å². The van der Waals surface area contributed by atoms with Crippen molar-refractivity contribution in [1.29, 1.82) is 0 Å². The Morgan fingerprint density at radius 2 is 1.88 bits per heavy atom. The van der Waals surface area contributed by atoms with Crippen molar-refractivity contribution in [3.8, 4) is 0 Å². The zero-order chi connectivity index (χ0) is 12.8. The lowest BCUT2D eigenvalue weighted by atomic mass is 9.81. The van der Waals surface area contributed by atoms with E-state index >= 15 is 0 Å². The number of hydrogen-bond acceptors (Lipinski definition) is 3. The third-order valence-electron chi connectivity index (χ3n) is 3.07. The molecule has 17 heavy (non-hydrogen) atoms. The maximum atomic E-state index is 11.8. The fraction of sp³-hybridized carbons (Fsp3) is 0.714. The predicted octanol–water partition coefficient (Wildman–Crippen LogP) is 3.40. The van der Waals surface area contributed by atoms with E-state index in [1.807, 2.05) is 18.7 Å². The van der Waals surface area contributed by atoms with Crippen molar-refractivity contribution in [2.24, 2.45) is 5.92 Å². The van der Waals surface area contributed by atoms with Gasteiger partial charge in [-0.2, -0.15) is 11.8 Å². The summed E-state index contributed by atoms with van der Waals surface area (Å²) in [4.78, 5) is 23.7. The summed E-state index contributed by atoms with van der Waals surface area (Å²) < 4.78 is 0. The van der Waals surface area contributed by atoms with Gasteiger partial charge in [-0.3, -0.25) is 9.59 Å². The van der Waals surface area contributed by atoms with Crippen molar-refractivity contribution in [1.82, 2.24) is 0 Å². The minimum Gasteiger partial charge on any atom is -0.294 e. The SMILES string of the molecule is CCC=C1C(=O)CC(CC(C)SCC)CC1=O. The molecule has 0 amide bonds. The third kappa shape index (κ3) is 4.30. The Balaban J connectivity index is 2.57. The zero-order valence-electron chi connectivity index (χ0n) is 11.0. The van der Waals surface area contributed by atoms with Crippen molar-refractivity contribution in [2.45, 2.75) is 51.7 Å². The number of thioether (sulfide) groups is 1. The quantitative estimate of drug-likeness (QED) is 0.557. The summed E-state index contributed by atoms with van der Waals surface area (Å²) in [5.41, 5.74) is 0.458. The first-order chi connectivity index (χ1) is 8.08. The lowest BCUT2D eigenvalue weighted by Crippen LogP contribution is -2.27. The molecular formula is C14H22O2S. The molecule has 1 rings (SSSR count). The molecule has 0 aromatic heterocycles. The van der Waals surface area contributed by atoms with Gasteiger partial charge in [0.05, 0.1) is 5.57 Å². The number of carbonyl (C=O) groups excluding carboxylic acids is 2. The number of Topliss-reactive ketones (excluding diaryl/α,β-unsaturated/α-hetero) is 2. The van der Waals surface area contributed by atoms with Gasteiger partial charge in [-0.25, -0.2) is 0 Å². The molecular weight excluding hydrogens is 232 g/mol. The molecule has 0 heterocycles. The molecule has 1 fully saturated rings. The Kier molecular flexibility index (Phi) is 5.96. The number of hydrogen-bond donors (Lipinski definition) is 0. The largest absolute Gasteiger partial charge is 0.294 e. The van der Waals surface area contributed by atoms with Crippen LogP contribution in [0.2, 0.25) is 0 Å². The maximum absolute atomic E-state index is 11.8. The van der Waals surface area contributed by atoms with Crippen molar-refractivity contribution in [3.63, 3.8) is 0 Å². The molecule has 0 N–H and O–H groups in total. The second kappa shape index (κ2) is 7.00. The smallest absolute Gasteiger partial charge is 0.166 e. The zero-order valence-corrected chi connectivity index (χ0v) is 11.8. The summed E-state index contributed by atoms with van der Waals surface area (Å²) in [6.07, 6.45) is 4.65. The molecule has 0 bridgehead atoms. The van der Waals surface area contributed by atoms with Crippen LogP contribution in [0.15, 0.2) is 11.6 Å². The Hall–Kier alpha value is -0.570. The highest BCUT2D eigenvalue weighted by molar-refractivity contribution is 7.99. The highest BCUT2D eigenvalue weighted by Gasteiger charge is 2.30. The first kappa shape index (κ1) is 14.5. The van der Waals surface area contributed by atoms with Crippen molar-refractivity contribution in [2.75, 3.05) is 5.75 Å². The molecule has 2 nitrogen and oxygen atoms in total. The Bertz CT molecular complexity index is 300. The van der Waals surface area contributed by atoms with Crippen molar-refractivity contribution < 1.29 is 9.59 Å². The van der Waals surface area contributed by atoms with E-state index in [-0.39, 0.29) is 17.5 Å². The molecule has 96 valence electrons. The third-order valence-corrected chi connectivity index (χ3v) is 4.17. The van der Waals surface area contributed by atoms with Gasteiger partial charge in [0.1, 0.15) is 0 Å². The van der Waals surface area contributed by atoms with Crippen LogP contribution in [-0.2, 0) is 9.59 Å². The topological polar surface area (TPSA) is 34.1 Å². The van der Waals surface area contributed by atoms with Gasteiger partial charge in [-0.15, -0.1) is 0 Å². The van der Waals surface area contributed by atoms with Gasteiger partial charge in [-0.1, -0.05) is 26.8 Å². The molecule has 0 spiro atoms. The number of carbonyl (C=O) groups is 2. The first-order valence-corrected chi connectivity index (χ1v) is 7.51. The number of rotatable bonds is 5. The molecule has 0 saturated heterocycles. The molecule has 0 aromatic carbocycles. The monoisotopic (exact) mass is 254 g/mol. The number of allylic oxidation sites excluding steroid dienone is 2. The van der Waals surface area contributed by atoms with Gasteiger partial charge < -0.3 is 0 Å². The Morgan fingerprint density at radius 1 is 1.29 bits per heavy atom. The van der Waals surface area contributed by atoms with Crippen LogP contribution in [0.4, 0.5) is 0 Å². The fourth-order valence-electron chi connectivity index (χ4n) is 2.39. The molecule has 1 unspecified atom stereocenters. The highest BCUT2D eigenvalue weighted by atomic mass is 32.2. The first-order valence-electron chi connectivity index (χ1n) is 6.46. The summed E-state index contributed by atoms with van der Waals surface area (Å²) in [6.45, 7) is 6.28. The van der Waals surface area contributed by atoms with Crippen LogP contribution in [0.1, 0.15) is 46.5 Å². The number of ketones is 2. The van der Waals surface area contributed by atoms with Crippen LogP contribution in [0.5, 0.6) is 0 Å². The predicted molar refractivity (Wildman–Crippen MR) is 73.3 cm³/mol. The highest BCUT2D eigenvalue weighted by Crippen LogP contribution is 2.29. The van der Waals surface area contributed by atoms with E-state index < -0.39 is 0 Å². The average molecular weight is 254 g/mol. The van der Waals surface area contributed by atoms with Gasteiger partial charge >= 0.3 is 0 Å². The van der Waals surface area contributed by atoms with E-state index in [0.717, 1.165) is 18.6 Å². The molecule has 1 saturated carbocycles. The van der Waals surface area contributed by atoms with Crippen LogP contribution < -0.4 is 0 Å². The van der Waals surface area contributed by atoms with E-state index in [4.69, 9.17) is 0 Å². The minimum absolute atomic E-state index is 0.0572. The lowest BCUT2D eigenvalue weighted by molar-refractivity contribution is -0.125. The van der Waals surface area contributed by atoms with E-state index in [9.17, 15) is 9.59 Å². The Morgan fingerprint density at radius 3 is 2.35 bits per heavy atom. The van der Waals surface area contributed by atoms with Gasteiger partial charge in [0, 0.05) is 18.1 Å². The molecule has 3 heteroatoms. The standard InChI is InChI=1S/C14H22O2S/c1-4-6-12-13(15)8-11(9-14(12)16)7-10(3)17-5-2/h6,10-11H,4-5,7-9H2,1-3H3. The molecule has 1 atom stereocenters. The summed E-state index contributed by atoms with van der Waals surface area (Å²) in [5, 5.41) is 0.544. The molecule has 0 aliphatic heterocycles. The van der Waals surface area contributed by atoms with E-state index in [1.165, 1.54) is 0 Å². The van der Waals surface area contributed by atoms with E-state index in [0.29, 0.717) is 23.7 Å². The summed E-state index contributed by atoms with van der Waals surface area (Å²) >= 11 is 1.90. The van der Waals surface area contributed by atoms with Crippen LogP contribution in [0, 0.1) is 5.92 Å². The molecule has 0 radical (unpaired) electrons. The minimum atomic E-state index is 0.0572. The van der Waals surface area contributed by atoms with Gasteiger partial charge in [-0.05, 0) is 24.5 Å². The van der Waals surface area contributed by atoms with Gasteiger partial charge in [0.15, 0.2) is 11.6 Å². The molecule has 0 aromatic rings. The van der Waals surface area contributed by atoms with Crippen LogP contribution in [0.3, 0.4) is 0 Å². The van der Waals surface area contributed by atoms with Crippen LogP contribution in [-0.4, -0.2) is 22.6 Å². The maximum Gasteiger partial charge on any atom is 0.166 e. The van der Waals surface area contributed by atoms with E-state index in [2.05, 4.69) is 13.8 Å². The second-order valence-electron chi connectivity index (χ2n) is 4.65. The second-order valence-corrected chi connectivity index (χ2v) is 6.36. The van der Waals surface area contributed by atoms with Crippen LogP contribution >= 0.6 is 11.8 Å². The molecule has 1 aliphatic carbocycles. The lowest BCUT2D eigenvalue weighted by Gasteiger charge is -2.24. The normalized spacial score (nSPS) is 22.8. The fourth-order valence-corrected chi connectivity index (χ4v) is 3.37. The summed E-state index contributed by atoms with van der Waals surface area (Å²) in [6, 6.07) is 0. The van der Waals surface area contributed by atoms with Gasteiger partial charge in [0.2, 0.25) is 0 Å². The molecule has 1 aliphatic rings. The van der Waals surface area contributed by atoms with Crippen molar-refractivity contribution in [3.05, 3.63) is 11.6 Å². The van der Waals surface area contributed by atoms with Crippen LogP contribution in [0.25, 0.3) is 0 Å². The summed E-state index contributed by atoms with van der Waals surface area (Å²) in [7, 11) is 0. The van der Waals surface area contributed by atoms with Gasteiger partial charge in [0.25, 0.3) is 0 Å².